The van der Waals surface area contributed by atoms with Crippen LogP contribution in [0.2, 0.25) is 0 Å². The van der Waals surface area contributed by atoms with E-state index >= 15 is 0 Å². The smallest absolute Gasteiger partial charge is 0.334 e. The fourth-order valence-electron chi connectivity index (χ4n) is 7.48. The van der Waals surface area contributed by atoms with E-state index in [2.05, 4.69) is 13.8 Å². The van der Waals surface area contributed by atoms with Gasteiger partial charge >= 0.3 is 5.97 Å². The molecule has 7 atom stereocenters. The quantitative estimate of drug-likeness (QED) is 0.509. The second-order valence-electron chi connectivity index (χ2n) is 9.13. The monoisotopic (exact) mass is 300 g/mol. The van der Waals surface area contributed by atoms with Crippen LogP contribution in [0.25, 0.3) is 0 Å². The normalized spacial score (nSPS) is 60.5. The molecule has 3 nitrogen and oxygen atoms in total. The maximum Gasteiger partial charge on any atom is 0.334 e. The Hall–Kier alpha value is -0.830. The van der Waals surface area contributed by atoms with Gasteiger partial charge in [0.25, 0.3) is 0 Å². The lowest BCUT2D eigenvalue weighted by atomic mass is 9.47. The first-order valence-electron chi connectivity index (χ1n) is 9.10. The number of carbonyl (C=O) groups excluding carboxylic acids is 1. The number of hydrogen-bond acceptors (Lipinski definition) is 3. The summed E-state index contributed by atoms with van der Waals surface area (Å²) in [4.78, 5) is 12.0. The third-order valence-electron chi connectivity index (χ3n) is 8.64. The first kappa shape index (κ1) is 12.6. The molecule has 0 amide bonds. The van der Waals surface area contributed by atoms with Crippen LogP contribution < -0.4 is 0 Å². The van der Waals surface area contributed by atoms with Crippen molar-refractivity contribution in [3.63, 3.8) is 0 Å². The molecule has 6 rings (SSSR count). The molecule has 22 heavy (non-hydrogen) atoms. The number of esters is 1. The Morgan fingerprint density at radius 1 is 1.27 bits per heavy atom. The fourth-order valence-corrected chi connectivity index (χ4v) is 7.48. The molecule has 0 aromatic rings. The zero-order chi connectivity index (χ0) is 14.9. The van der Waals surface area contributed by atoms with Gasteiger partial charge < -0.3 is 9.47 Å². The second-order valence-corrected chi connectivity index (χ2v) is 9.13. The molecule has 0 aromatic heterocycles. The SMILES string of the molecule is CC1CCC23CC2CC2C4=C(CCC2(C)C32OC12)C(=O)OC4. The number of fused-ring (bicyclic) bond motifs is 2. The van der Waals surface area contributed by atoms with Gasteiger partial charge in [0.1, 0.15) is 12.2 Å². The van der Waals surface area contributed by atoms with Crippen molar-refractivity contribution in [3.05, 3.63) is 11.1 Å². The Kier molecular flexibility index (Phi) is 1.90. The highest BCUT2D eigenvalue weighted by molar-refractivity contribution is 5.92. The Morgan fingerprint density at radius 2 is 2.14 bits per heavy atom. The predicted molar refractivity (Wildman–Crippen MR) is 80.0 cm³/mol. The fraction of sp³-hybridized carbons (Fsp3) is 0.842. The van der Waals surface area contributed by atoms with Crippen molar-refractivity contribution in [1.82, 2.24) is 0 Å². The van der Waals surface area contributed by atoms with Crippen molar-refractivity contribution in [2.45, 2.75) is 64.1 Å². The lowest BCUT2D eigenvalue weighted by Crippen LogP contribution is -2.57. The van der Waals surface area contributed by atoms with E-state index in [4.69, 9.17) is 9.47 Å². The van der Waals surface area contributed by atoms with E-state index in [9.17, 15) is 4.79 Å². The summed E-state index contributed by atoms with van der Waals surface area (Å²) in [6.07, 6.45) is 7.88. The molecule has 3 saturated carbocycles. The van der Waals surface area contributed by atoms with Gasteiger partial charge in [0.05, 0.1) is 6.10 Å². The minimum Gasteiger partial charge on any atom is -0.458 e. The van der Waals surface area contributed by atoms with Gasteiger partial charge in [0, 0.05) is 16.4 Å². The van der Waals surface area contributed by atoms with Crippen molar-refractivity contribution < 1.29 is 14.3 Å². The molecule has 118 valence electrons. The molecular weight excluding hydrogens is 276 g/mol. The van der Waals surface area contributed by atoms with Gasteiger partial charge in [-0.2, -0.15) is 0 Å². The molecule has 0 radical (unpaired) electrons. The summed E-state index contributed by atoms with van der Waals surface area (Å²) in [5.41, 5.74) is 3.23. The lowest BCUT2D eigenvalue weighted by Gasteiger charge is -2.54. The van der Waals surface area contributed by atoms with Crippen LogP contribution in [-0.2, 0) is 14.3 Å². The minimum atomic E-state index is -0.0348. The van der Waals surface area contributed by atoms with Crippen LogP contribution in [0.4, 0.5) is 0 Å². The minimum absolute atomic E-state index is 0.0348. The van der Waals surface area contributed by atoms with Gasteiger partial charge in [-0.1, -0.05) is 13.8 Å². The molecule has 4 aliphatic carbocycles. The Balaban J connectivity index is 1.51. The Morgan fingerprint density at radius 3 is 3.00 bits per heavy atom. The predicted octanol–water partition coefficient (Wildman–Crippen LogP) is 3.23. The molecule has 0 bridgehead atoms. The van der Waals surface area contributed by atoms with E-state index in [0.717, 1.165) is 24.3 Å². The zero-order valence-electron chi connectivity index (χ0n) is 13.5. The van der Waals surface area contributed by atoms with Crippen molar-refractivity contribution in [2.75, 3.05) is 6.61 Å². The summed E-state index contributed by atoms with van der Waals surface area (Å²) in [6.45, 7) is 5.43. The van der Waals surface area contributed by atoms with E-state index in [1.165, 1.54) is 31.3 Å². The molecule has 3 heteroatoms. The number of hydrogen-bond donors (Lipinski definition) is 0. The average Bonchev–Trinajstić information content (AvgIpc) is 3.37. The molecule has 2 heterocycles. The van der Waals surface area contributed by atoms with Gasteiger partial charge in [0.2, 0.25) is 0 Å². The number of ether oxygens (including phenoxy) is 2. The van der Waals surface area contributed by atoms with Crippen molar-refractivity contribution >= 4 is 5.97 Å². The summed E-state index contributed by atoms with van der Waals surface area (Å²) in [6, 6.07) is 0. The third kappa shape index (κ3) is 1.04. The Bertz CT molecular complexity index is 651. The van der Waals surface area contributed by atoms with Crippen LogP contribution in [0.5, 0.6) is 0 Å². The summed E-state index contributed by atoms with van der Waals surface area (Å²) >= 11 is 0. The molecule has 2 spiro atoms. The lowest BCUT2D eigenvalue weighted by molar-refractivity contribution is -0.136. The summed E-state index contributed by atoms with van der Waals surface area (Å²) in [5.74, 6) is 2.04. The van der Waals surface area contributed by atoms with E-state index in [-0.39, 0.29) is 17.0 Å². The summed E-state index contributed by atoms with van der Waals surface area (Å²) in [5, 5.41) is 0. The van der Waals surface area contributed by atoms with Crippen LogP contribution in [0.3, 0.4) is 0 Å². The van der Waals surface area contributed by atoms with Crippen molar-refractivity contribution in [3.8, 4) is 0 Å². The third-order valence-corrected chi connectivity index (χ3v) is 8.64. The number of carbonyl (C=O) groups is 1. The number of cyclic esters (lactones) is 1. The molecule has 0 aromatic carbocycles. The van der Waals surface area contributed by atoms with E-state index in [1.807, 2.05) is 0 Å². The summed E-state index contributed by atoms with van der Waals surface area (Å²) in [7, 11) is 0. The largest absolute Gasteiger partial charge is 0.458 e. The standard InChI is InChI=1S/C19H24O3/c1-10-3-6-18-8-11(18)7-14-13-9-21-16(20)12(13)4-5-17(14,2)19(18)15(10)22-19/h10-11,14-15H,3-9H2,1-2H3. The van der Waals surface area contributed by atoms with Crippen LogP contribution in [0.15, 0.2) is 11.1 Å². The second kappa shape index (κ2) is 3.33. The van der Waals surface area contributed by atoms with Crippen LogP contribution in [0, 0.1) is 28.6 Å². The molecule has 4 fully saturated rings. The van der Waals surface area contributed by atoms with Gasteiger partial charge in [0.15, 0.2) is 0 Å². The van der Waals surface area contributed by atoms with Crippen molar-refractivity contribution in [2.24, 2.45) is 28.6 Å². The van der Waals surface area contributed by atoms with Gasteiger partial charge in [-0.25, -0.2) is 4.79 Å². The topological polar surface area (TPSA) is 38.8 Å². The van der Waals surface area contributed by atoms with Crippen molar-refractivity contribution in [1.29, 1.82) is 0 Å². The van der Waals surface area contributed by atoms with Gasteiger partial charge in [-0.15, -0.1) is 0 Å². The highest BCUT2D eigenvalue weighted by atomic mass is 16.6. The Labute approximate surface area is 131 Å². The molecular formula is C19H24O3. The van der Waals surface area contributed by atoms with Crippen LogP contribution in [0.1, 0.15) is 52.4 Å². The zero-order valence-corrected chi connectivity index (χ0v) is 13.5. The molecule has 0 N–H and O–H groups in total. The highest BCUT2D eigenvalue weighted by Crippen LogP contribution is 2.85. The molecule has 7 unspecified atom stereocenters. The van der Waals surface area contributed by atoms with E-state index in [1.54, 1.807) is 0 Å². The molecule has 6 aliphatic rings. The highest BCUT2D eigenvalue weighted by Gasteiger charge is 2.88. The molecule has 2 aliphatic heterocycles. The van der Waals surface area contributed by atoms with E-state index < -0.39 is 0 Å². The van der Waals surface area contributed by atoms with Gasteiger partial charge in [-0.3, -0.25) is 0 Å². The first-order chi connectivity index (χ1) is 10.5. The number of epoxide rings is 1. The molecule has 1 saturated heterocycles. The van der Waals surface area contributed by atoms with Crippen LogP contribution >= 0.6 is 0 Å². The maximum absolute atomic E-state index is 12.0. The maximum atomic E-state index is 12.0. The first-order valence-corrected chi connectivity index (χ1v) is 9.10. The van der Waals surface area contributed by atoms with E-state index in [0.29, 0.717) is 30.0 Å². The average molecular weight is 300 g/mol. The summed E-state index contributed by atoms with van der Waals surface area (Å²) < 4.78 is 12.0. The number of rotatable bonds is 0. The van der Waals surface area contributed by atoms with Crippen LogP contribution in [-0.4, -0.2) is 24.3 Å². The van der Waals surface area contributed by atoms with Gasteiger partial charge in [-0.05, 0) is 61.9 Å².